The summed E-state index contributed by atoms with van der Waals surface area (Å²) in [5.74, 6) is 0.603. The Kier molecular flexibility index (Phi) is 4.15. The Balaban J connectivity index is 1.48. The van der Waals surface area contributed by atoms with Crippen LogP contribution in [0.15, 0.2) is 41.1 Å². The Bertz CT molecular complexity index is 1110. The van der Waals surface area contributed by atoms with Crippen molar-refractivity contribution in [2.45, 2.75) is 51.2 Å². The fourth-order valence-corrected chi connectivity index (χ4v) is 4.61. The van der Waals surface area contributed by atoms with Crippen molar-refractivity contribution in [1.82, 2.24) is 10.3 Å². The molecule has 3 aromatic rings. The Labute approximate surface area is 168 Å². The normalized spacial score (nSPS) is 17.3. The molecule has 1 fully saturated rings. The summed E-state index contributed by atoms with van der Waals surface area (Å²) in [6.07, 6.45) is 7.81. The maximum atomic E-state index is 13.1. The molecule has 1 amide bonds. The molecule has 1 N–H and O–H groups in total. The summed E-state index contributed by atoms with van der Waals surface area (Å²) in [6.45, 7) is 2.17. The van der Waals surface area contributed by atoms with Gasteiger partial charge in [0.15, 0.2) is 11.5 Å². The van der Waals surface area contributed by atoms with Crippen molar-refractivity contribution in [3.05, 3.63) is 59.1 Å². The van der Waals surface area contributed by atoms with E-state index in [9.17, 15) is 9.59 Å². The van der Waals surface area contributed by atoms with Gasteiger partial charge in [-0.15, -0.1) is 0 Å². The number of nitrogens with zero attached hydrogens (tertiary/aromatic N) is 1. The van der Waals surface area contributed by atoms with Crippen LogP contribution in [0.1, 0.15) is 64.1 Å². The molecule has 1 aliphatic heterocycles. The van der Waals surface area contributed by atoms with Gasteiger partial charge in [-0.1, -0.05) is 6.07 Å². The average Bonchev–Trinajstić information content (AvgIpc) is 3.31. The van der Waals surface area contributed by atoms with Crippen LogP contribution >= 0.6 is 0 Å². The predicted molar refractivity (Wildman–Crippen MR) is 107 cm³/mol. The van der Waals surface area contributed by atoms with Gasteiger partial charge in [0.25, 0.3) is 5.91 Å². The SMILES string of the molecule is Cc1c(C(=O)NCc2cccnc2)oc2ccc3c(c12)C(=O)CC1(CCCC1)O3. The zero-order valence-corrected chi connectivity index (χ0v) is 16.3. The van der Waals surface area contributed by atoms with Gasteiger partial charge in [0.1, 0.15) is 16.9 Å². The van der Waals surface area contributed by atoms with E-state index in [0.717, 1.165) is 31.2 Å². The molecule has 6 heteroatoms. The number of pyridine rings is 1. The first-order valence-corrected chi connectivity index (χ1v) is 10.0. The minimum atomic E-state index is -0.348. The second kappa shape index (κ2) is 6.72. The van der Waals surface area contributed by atoms with Crippen molar-refractivity contribution in [2.75, 3.05) is 0 Å². The third-order valence-corrected chi connectivity index (χ3v) is 6.04. The Morgan fingerprint density at radius 3 is 2.83 bits per heavy atom. The van der Waals surface area contributed by atoms with Gasteiger partial charge in [-0.2, -0.15) is 0 Å². The van der Waals surface area contributed by atoms with Crippen LogP contribution in [-0.4, -0.2) is 22.3 Å². The maximum Gasteiger partial charge on any atom is 0.287 e. The van der Waals surface area contributed by atoms with E-state index in [1.165, 1.54) is 0 Å². The summed E-state index contributed by atoms with van der Waals surface area (Å²) in [6, 6.07) is 7.31. The van der Waals surface area contributed by atoms with E-state index in [1.54, 1.807) is 24.5 Å². The summed E-state index contributed by atoms with van der Waals surface area (Å²) in [7, 11) is 0. The van der Waals surface area contributed by atoms with Gasteiger partial charge in [0.2, 0.25) is 0 Å². The van der Waals surface area contributed by atoms with Crippen LogP contribution in [0.4, 0.5) is 0 Å². The number of rotatable bonds is 3. The van der Waals surface area contributed by atoms with E-state index in [4.69, 9.17) is 9.15 Å². The fourth-order valence-electron chi connectivity index (χ4n) is 4.61. The van der Waals surface area contributed by atoms with E-state index in [2.05, 4.69) is 10.3 Å². The minimum absolute atomic E-state index is 0.0740. The molecule has 3 heterocycles. The Morgan fingerprint density at radius 1 is 1.24 bits per heavy atom. The smallest absolute Gasteiger partial charge is 0.287 e. The van der Waals surface area contributed by atoms with Crippen LogP contribution in [0.3, 0.4) is 0 Å². The molecule has 2 aromatic heterocycles. The highest BCUT2D eigenvalue weighted by atomic mass is 16.5. The molecular formula is C23H22N2O4. The van der Waals surface area contributed by atoms with Gasteiger partial charge in [-0.25, -0.2) is 0 Å². The molecular weight excluding hydrogens is 368 g/mol. The highest BCUT2D eigenvalue weighted by molar-refractivity contribution is 6.13. The molecule has 0 unspecified atom stereocenters. The zero-order valence-electron chi connectivity index (χ0n) is 16.3. The lowest BCUT2D eigenvalue weighted by molar-refractivity contribution is 0.0454. The Hall–Kier alpha value is -3.15. The molecule has 1 aromatic carbocycles. The van der Waals surface area contributed by atoms with E-state index >= 15 is 0 Å². The predicted octanol–water partition coefficient (Wildman–Crippen LogP) is 4.34. The lowest BCUT2D eigenvalue weighted by Crippen LogP contribution is -2.39. The number of Topliss-reactive ketones (excluding diaryl/α,β-unsaturated/α-hetero) is 1. The van der Waals surface area contributed by atoms with Crippen LogP contribution in [0.5, 0.6) is 5.75 Å². The topological polar surface area (TPSA) is 81.4 Å². The van der Waals surface area contributed by atoms with E-state index < -0.39 is 0 Å². The van der Waals surface area contributed by atoms with Crippen LogP contribution < -0.4 is 10.1 Å². The highest BCUT2D eigenvalue weighted by Gasteiger charge is 2.43. The number of furan rings is 1. The molecule has 1 saturated carbocycles. The number of carbonyl (C=O) groups excluding carboxylic acids is 2. The standard InChI is InChI=1S/C23H22N2O4/c1-14-19-17(28-21(14)22(27)25-13-15-5-4-10-24-12-15)6-7-18-20(19)16(26)11-23(29-18)8-2-3-9-23/h4-7,10,12H,2-3,8-9,11,13H2,1H3,(H,25,27). The number of benzene rings is 1. The van der Waals surface area contributed by atoms with Gasteiger partial charge in [0.05, 0.1) is 12.0 Å². The van der Waals surface area contributed by atoms with Gasteiger partial charge in [-0.3, -0.25) is 14.6 Å². The van der Waals surface area contributed by atoms with E-state index in [1.807, 2.05) is 19.1 Å². The van der Waals surface area contributed by atoms with Crippen LogP contribution in [0.2, 0.25) is 0 Å². The van der Waals surface area contributed by atoms with Gasteiger partial charge in [0, 0.05) is 29.9 Å². The summed E-state index contributed by atoms with van der Waals surface area (Å²) in [5.41, 5.74) is 2.30. The molecule has 0 radical (unpaired) electrons. The molecule has 0 saturated heterocycles. The maximum absolute atomic E-state index is 13.1. The largest absolute Gasteiger partial charge is 0.486 e. The number of amides is 1. The first-order chi connectivity index (χ1) is 14.1. The molecule has 29 heavy (non-hydrogen) atoms. The van der Waals surface area contributed by atoms with Crippen molar-refractivity contribution >= 4 is 22.7 Å². The number of aromatic nitrogens is 1. The number of aryl methyl sites for hydroxylation is 1. The number of ketones is 1. The number of ether oxygens (including phenoxy) is 1. The summed E-state index contributed by atoms with van der Waals surface area (Å²) < 4.78 is 12.2. The summed E-state index contributed by atoms with van der Waals surface area (Å²) in [5, 5.41) is 3.55. The quantitative estimate of drug-likeness (QED) is 0.719. The number of carbonyl (C=O) groups is 2. The van der Waals surface area contributed by atoms with Crippen LogP contribution in [0.25, 0.3) is 11.0 Å². The molecule has 2 aliphatic rings. The van der Waals surface area contributed by atoms with Crippen molar-refractivity contribution in [1.29, 1.82) is 0 Å². The molecule has 1 spiro atoms. The molecule has 1 aliphatic carbocycles. The van der Waals surface area contributed by atoms with E-state index in [0.29, 0.717) is 40.8 Å². The third-order valence-electron chi connectivity index (χ3n) is 6.04. The number of hydrogen-bond acceptors (Lipinski definition) is 5. The van der Waals surface area contributed by atoms with Crippen molar-refractivity contribution in [3.63, 3.8) is 0 Å². The van der Waals surface area contributed by atoms with Gasteiger partial charge < -0.3 is 14.5 Å². The Morgan fingerprint density at radius 2 is 2.07 bits per heavy atom. The fraction of sp³-hybridized carbons (Fsp3) is 0.348. The third kappa shape index (κ3) is 2.99. The second-order valence-corrected chi connectivity index (χ2v) is 8.00. The van der Waals surface area contributed by atoms with Crippen molar-refractivity contribution in [2.24, 2.45) is 0 Å². The number of fused-ring (bicyclic) bond motifs is 3. The molecule has 6 nitrogen and oxygen atoms in total. The molecule has 148 valence electrons. The van der Waals surface area contributed by atoms with Crippen LogP contribution in [-0.2, 0) is 6.54 Å². The lowest BCUT2D eigenvalue weighted by Gasteiger charge is -2.34. The van der Waals surface area contributed by atoms with Crippen molar-refractivity contribution < 1.29 is 18.7 Å². The van der Waals surface area contributed by atoms with Gasteiger partial charge >= 0.3 is 0 Å². The monoisotopic (exact) mass is 390 g/mol. The second-order valence-electron chi connectivity index (χ2n) is 8.00. The first-order valence-electron chi connectivity index (χ1n) is 10.0. The molecule has 0 bridgehead atoms. The lowest BCUT2D eigenvalue weighted by atomic mass is 9.87. The van der Waals surface area contributed by atoms with Crippen molar-refractivity contribution in [3.8, 4) is 5.75 Å². The average molecular weight is 390 g/mol. The summed E-state index contributed by atoms with van der Waals surface area (Å²) >= 11 is 0. The first kappa shape index (κ1) is 17.9. The van der Waals surface area contributed by atoms with E-state index in [-0.39, 0.29) is 23.1 Å². The number of nitrogens with one attached hydrogen (secondary N) is 1. The van der Waals surface area contributed by atoms with Crippen LogP contribution in [0, 0.1) is 6.92 Å². The minimum Gasteiger partial charge on any atom is -0.486 e. The zero-order chi connectivity index (χ0) is 20.0. The summed E-state index contributed by atoms with van der Waals surface area (Å²) in [4.78, 5) is 29.8. The molecule has 0 atom stereocenters. The number of hydrogen-bond donors (Lipinski definition) is 1. The highest BCUT2D eigenvalue weighted by Crippen LogP contribution is 2.46. The molecule has 5 rings (SSSR count). The van der Waals surface area contributed by atoms with Gasteiger partial charge in [-0.05, 0) is 56.4 Å².